The summed E-state index contributed by atoms with van der Waals surface area (Å²) in [5.41, 5.74) is 3.22. The molecular formula is C33H35FN4O3S. The Morgan fingerprint density at radius 3 is 2.38 bits per heavy atom. The van der Waals surface area contributed by atoms with Gasteiger partial charge in [-0.25, -0.2) is 14.2 Å². The molecule has 2 amide bonds. The highest BCUT2D eigenvalue weighted by atomic mass is 32.1. The quantitative estimate of drug-likeness (QED) is 0.321. The highest BCUT2D eigenvalue weighted by Crippen LogP contribution is 2.47. The third-order valence-corrected chi connectivity index (χ3v) is 9.81. The molecule has 1 aliphatic heterocycles. The fraction of sp³-hybridized carbons (Fsp3) is 0.455. The van der Waals surface area contributed by atoms with Gasteiger partial charge in [0.2, 0.25) is 5.91 Å². The lowest BCUT2D eigenvalue weighted by molar-refractivity contribution is -0.127. The third kappa shape index (κ3) is 5.78. The summed E-state index contributed by atoms with van der Waals surface area (Å²) >= 11 is 1.57. The molecule has 0 unspecified atom stereocenters. The maximum Gasteiger partial charge on any atom is 0.410 e. The fourth-order valence-electron chi connectivity index (χ4n) is 6.02. The molecule has 1 aromatic heterocycles. The van der Waals surface area contributed by atoms with E-state index in [1.54, 1.807) is 28.4 Å². The van der Waals surface area contributed by atoms with E-state index in [1.165, 1.54) is 17.7 Å². The second kappa shape index (κ2) is 11.5. The fourth-order valence-corrected chi connectivity index (χ4v) is 7.16. The molecule has 3 fully saturated rings. The van der Waals surface area contributed by atoms with Crippen molar-refractivity contribution in [2.75, 3.05) is 13.1 Å². The van der Waals surface area contributed by atoms with Gasteiger partial charge in [0.1, 0.15) is 16.4 Å². The lowest BCUT2D eigenvalue weighted by atomic mass is 9.76. The van der Waals surface area contributed by atoms with E-state index in [0.29, 0.717) is 25.9 Å². The van der Waals surface area contributed by atoms with E-state index in [-0.39, 0.29) is 41.7 Å². The summed E-state index contributed by atoms with van der Waals surface area (Å²) in [4.78, 5) is 33.5. The molecule has 0 bridgehead atoms. The van der Waals surface area contributed by atoms with E-state index in [9.17, 15) is 19.2 Å². The van der Waals surface area contributed by atoms with Crippen LogP contribution in [0.15, 0.2) is 48.5 Å². The van der Waals surface area contributed by atoms with Crippen molar-refractivity contribution in [2.24, 2.45) is 5.92 Å². The zero-order valence-electron chi connectivity index (χ0n) is 23.9. The highest BCUT2D eigenvalue weighted by Gasteiger charge is 2.47. The Morgan fingerprint density at radius 2 is 1.74 bits per heavy atom. The van der Waals surface area contributed by atoms with Crippen molar-refractivity contribution in [1.29, 1.82) is 5.26 Å². The van der Waals surface area contributed by atoms with Gasteiger partial charge in [-0.3, -0.25) is 4.79 Å². The molecule has 3 aliphatic rings. The first-order valence-corrected chi connectivity index (χ1v) is 15.6. The zero-order valence-corrected chi connectivity index (χ0v) is 24.8. The Balaban J connectivity index is 1.28. The van der Waals surface area contributed by atoms with Crippen LogP contribution in [0.1, 0.15) is 75.5 Å². The molecule has 2 aromatic carbocycles. The van der Waals surface area contributed by atoms with Crippen LogP contribution in [0.2, 0.25) is 0 Å². The molecule has 3 aromatic rings. The van der Waals surface area contributed by atoms with Crippen LogP contribution in [0.4, 0.5) is 9.18 Å². The molecule has 0 spiro atoms. The predicted octanol–water partition coefficient (Wildman–Crippen LogP) is 7.01. The summed E-state index contributed by atoms with van der Waals surface area (Å²) in [7, 11) is 0. The van der Waals surface area contributed by atoms with Gasteiger partial charge in [-0.05, 0) is 74.9 Å². The van der Waals surface area contributed by atoms with Crippen LogP contribution in [-0.2, 0) is 9.53 Å². The number of nitrogens with zero attached hydrogens (tertiary/aromatic N) is 3. The molecule has 9 heteroatoms. The van der Waals surface area contributed by atoms with Crippen LogP contribution < -0.4 is 5.32 Å². The van der Waals surface area contributed by atoms with Gasteiger partial charge in [0.15, 0.2) is 0 Å². The number of amides is 2. The molecule has 6 rings (SSSR count). The van der Waals surface area contributed by atoms with Gasteiger partial charge >= 0.3 is 6.09 Å². The maximum absolute atomic E-state index is 13.7. The Morgan fingerprint density at radius 1 is 1.07 bits per heavy atom. The van der Waals surface area contributed by atoms with Crippen molar-refractivity contribution in [2.45, 2.75) is 75.9 Å². The molecule has 218 valence electrons. The number of carbonyl (C=O) groups excluding carboxylic acids is 2. The third-order valence-electron chi connectivity index (χ3n) is 8.65. The Kier molecular flexibility index (Phi) is 7.75. The number of hydrogen-bond donors (Lipinski definition) is 1. The maximum atomic E-state index is 13.7. The summed E-state index contributed by atoms with van der Waals surface area (Å²) in [6, 6.07) is 17.1. The first-order valence-electron chi connectivity index (χ1n) is 14.8. The van der Waals surface area contributed by atoms with Gasteiger partial charge in [0.25, 0.3) is 0 Å². The zero-order chi connectivity index (χ0) is 29.4. The molecule has 1 saturated heterocycles. The van der Waals surface area contributed by atoms with Crippen LogP contribution in [0.25, 0.3) is 21.0 Å². The van der Waals surface area contributed by atoms with Crippen molar-refractivity contribution in [3.63, 3.8) is 0 Å². The second-order valence-corrected chi connectivity index (χ2v) is 13.1. The smallest absolute Gasteiger partial charge is 0.410 e. The summed E-state index contributed by atoms with van der Waals surface area (Å²) in [5, 5.41) is 13.4. The van der Waals surface area contributed by atoms with E-state index in [0.717, 1.165) is 52.4 Å². The molecule has 2 atom stereocenters. The summed E-state index contributed by atoms with van der Waals surface area (Å²) < 4.78 is 19.0. The number of rotatable bonds is 7. The number of hydrogen-bond acceptors (Lipinski definition) is 6. The van der Waals surface area contributed by atoms with Gasteiger partial charge in [-0.1, -0.05) is 37.1 Å². The van der Waals surface area contributed by atoms with Crippen molar-refractivity contribution >= 4 is 23.3 Å². The number of thiazole rings is 1. The van der Waals surface area contributed by atoms with E-state index in [2.05, 4.69) is 35.7 Å². The molecule has 2 saturated carbocycles. The second-order valence-electron chi connectivity index (χ2n) is 12.1. The van der Waals surface area contributed by atoms with Crippen LogP contribution in [-0.4, -0.2) is 46.6 Å². The summed E-state index contributed by atoms with van der Waals surface area (Å²) in [6.45, 7) is 4.96. The first kappa shape index (κ1) is 28.4. The van der Waals surface area contributed by atoms with E-state index in [1.807, 2.05) is 13.8 Å². The van der Waals surface area contributed by atoms with Crippen LogP contribution in [0.3, 0.4) is 0 Å². The van der Waals surface area contributed by atoms with Gasteiger partial charge in [-0.2, -0.15) is 5.26 Å². The molecule has 1 N–H and O–H groups in total. The van der Waals surface area contributed by atoms with Crippen molar-refractivity contribution in [3.8, 4) is 27.1 Å². The average Bonchev–Trinajstić information content (AvgIpc) is 3.59. The van der Waals surface area contributed by atoms with E-state index >= 15 is 0 Å². The Bertz CT molecular complexity index is 1500. The average molecular weight is 587 g/mol. The largest absolute Gasteiger partial charge is 0.447 e. The minimum atomic E-state index is -0.707. The van der Waals surface area contributed by atoms with Gasteiger partial charge in [0.05, 0.1) is 22.7 Å². The van der Waals surface area contributed by atoms with Gasteiger partial charge < -0.3 is 15.0 Å². The highest BCUT2D eigenvalue weighted by molar-refractivity contribution is 7.18. The minimum absolute atomic E-state index is 0.0538. The normalized spacial score (nSPS) is 21.4. The van der Waals surface area contributed by atoms with Gasteiger partial charge in [0, 0.05) is 36.4 Å². The molecule has 0 radical (unpaired) electrons. The summed E-state index contributed by atoms with van der Waals surface area (Å²) in [5.74, 6) is -0.413. The van der Waals surface area contributed by atoms with E-state index < -0.39 is 5.54 Å². The number of ether oxygens (including phenoxy) is 1. The van der Waals surface area contributed by atoms with Crippen LogP contribution in [0.5, 0.6) is 0 Å². The number of nitrogens with one attached hydrogen (secondary N) is 1. The minimum Gasteiger partial charge on any atom is -0.447 e. The van der Waals surface area contributed by atoms with E-state index in [4.69, 9.17) is 9.72 Å². The number of benzene rings is 2. The van der Waals surface area contributed by atoms with Crippen molar-refractivity contribution in [3.05, 3.63) is 65.6 Å². The Labute approximate surface area is 249 Å². The monoisotopic (exact) mass is 586 g/mol. The topological polar surface area (TPSA) is 95.3 Å². The summed E-state index contributed by atoms with van der Waals surface area (Å²) in [6.07, 6.45) is 4.58. The lowest BCUT2D eigenvalue weighted by Gasteiger charge is -2.39. The van der Waals surface area contributed by atoms with Crippen molar-refractivity contribution in [1.82, 2.24) is 15.2 Å². The molecule has 2 aliphatic carbocycles. The molecular weight excluding hydrogens is 551 g/mol. The number of carbonyl (C=O) groups is 2. The van der Waals surface area contributed by atoms with Gasteiger partial charge in [-0.15, -0.1) is 11.3 Å². The van der Waals surface area contributed by atoms with Crippen LogP contribution in [0, 0.1) is 23.1 Å². The molecule has 2 heterocycles. The molecule has 7 nitrogen and oxygen atoms in total. The predicted molar refractivity (Wildman–Crippen MR) is 159 cm³/mol. The molecule has 42 heavy (non-hydrogen) atoms. The standard InChI is InChI=1S/C33H35FN4O3S/c1-20(2)41-32(40)38-17-24(18-38)21-7-9-22(10-8-21)29-28(36-31(42-29)23-11-13-25(34)14-12-23)26-5-3-4-6-27(26)30(39)37-33(19-35)15-16-33/h7-14,20,24,26-27H,3-6,15-18H2,1-2H3,(H,37,39)/t26-,27-/m1/s1. The van der Waals surface area contributed by atoms with Crippen molar-refractivity contribution < 1.29 is 18.7 Å². The lowest BCUT2D eigenvalue weighted by Crippen LogP contribution is -2.49. The first-order chi connectivity index (χ1) is 20.2. The number of aromatic nitrogens is 1. The van der Waals surface area contributed by atoms with Crippen LogP contribution >= 0.6 is 11.3 Å². The number of nitriles is 1. The number of halogens is 1. The number of likely N-dealkylation sites (tertiary alicyclic amines) is 1. The SMILES string of the molecule is CC(C)OC(=O)N1CC(c2ccc(-c3sc(-c4ccc(F)cc4)nc3[C@@H]3CCCC[C@H]3C(=O)NC3(C#N)CC3)cc2)C1. The Hall–Kier alpha value is -3.77.